The Labute approximate surface area is 164 Å². The molecule has 1 aliphatic rings. The number of hydrogen-bond donors (Lipinski definition) is 2. The Morgan fingerprint density at radius 2 is 1.75 bits per heavy atom. The summed E-state index contributed by atoms with van der Waals surface area (Å²) in [5.74, 6) is -0.774. The second-order valence-electron chi connectivity index (χ2n) is 6.96. The number of urea groups is 1. The van der Waals surface area contributed by atoms with E-state index in [0.29, 0.717) is 12.1 Å². The number of rotatable bonds is 8. The molecule has 2 aromatic carbocycles. The van der Waals surface area contributed by atoms with Gasteiger partial charge >= 0.3 is 6.03 Å². The molecule has 1 atom stereocenters. The summed E-state index contributed by atoms with van der Waals surface area (Å²) in [6.07, 6.45) is 3.68. The highest BCUT2D eigenvalue weighted by Gasteiger charge is 2.38. The summed E-state index contributed by atoms with van der Waals surface area (Å²) in [7, 11) is 0. The first-order valence-electron chi connectivity index (χ1n) is 9.61. The summed E-state index contributed by atoms with van der Waals surface area (Å²) in [6.45, 7) is 1.85. The van der Waals surface area contributed by atoms with Crippen molar-refractivity contribution in [1.82, 2.24) is 10.2 Å². The molecule has 3 rings (SSSR count). The molecule has 146 valence electrons. The third-order valence-corrected chi connectivity index (χ3v) is 4.75. The van der Waals surface area contributed by atoms with Gasteiger partial charge < -0.3 is 10.6 Å². The molecule has 0 spiro atoms. The summed E-state index contributed by atoms with van der Waals surface area (Å²) >= 11 is 0. The minimum absolute atomic E-state index is 0.298. The van der Waals surface area contributed by atoms with E-state index in [4.69, 9.17) is 0 Å². The standard InChI is InChI=1S/C22H25N3O3/c1-2-3-7-16-10-12-18(13-11-16)23-20(26)15-25-21(27)19(24-22(25)28)14-17-8-5-4-6-9-17/h4-6,8-13,19H,2-3,7,14-15H2,1H3,(H,23,26)(H,24,28)/t19-/m0/s1. The number of amides is 4. The smallest absolute Gasteiger partial charge is 0.325 e. The maximum Gasteiger partial charge on any atom is 0.325 e. The Bertz CT molecular complexity index is 834. The molecule has 0 radical (unpaired) electrons. The highest BCUT2D eigenvalue weighted by Crippen LogP contribution is 2.14. The topological polar surface area (TPSA) is 78.5 Å². The van der Waals surface area contributed by atoms with Gasteiger partial charge in [0.15, 0.2) is 0 Å². The minimum Gasteiger partial charge on any atom is -0.325 e. The van der Waals surface area contributed by atoms with Crippen LogP contribution in [0.2, 0.25) is 0 Å². The molecule has 1 fully saturated rings. The zero-order chi connectivity index (χ0) is 19.9. The van der Waals surface area contributed by atoms with E-state index in [1.165, 1.54) is 5.56 Å². The van der Waals surface area contributed by atoms with Crippen molar-refractivity contribution in [3.63, 3.8) is 0 Å². The van der Waals surface area contributed by atoms with Crippen molar-refractivity contribution in [3.8, 4) is 0 Å². The zero-order valence-electron chi connectivity index (χ0n) is 16.0. The number of nitrogens with one attached hydrogen (secondary N) is 2. The lowest BCUT2D eigenvalue weighted by molar-refractivity contribution is -0.130. The Morgan fingerprint density at radius 1 is 1.04 bits per heavy atom. The van der Waals surface area contributed by atoms with E-state index in [-0.39, 0.29) is 12.5 Å². The quantitative estimate of drug-likeness (QED) is 0.692. The monoisotopic (exact) mass is 379 g/mol. The molecule has 4 amide bonds. The van der Waals surface area contributed by atoms with Gasteiger partial charge in [-0.3, -0.25) is 14.5 Å². The summed E-state index contributed by atoms with van der Waals surface area (Å²) < 4.78 is 0. The van der Waals surface area contributed by atoms with Crippen LogP contribution in [0.1, 0.15) is 30.9 Å². The van der Waals surface area contributed by atoms with Crippen molar-refractivity contribution in [3.05, 3.63) is 65.7 Å². The average molecular weight is 379 g/mol. The van der Waals surface area contributed by atoms with E-state index in [9.17, 15) is 14.4 Å². The number of carbonyl (C=O) groups excluding carboxylic acids is 3. The van der Waals surface area contributed by atoms with Crippen LogP contribution in [0.15, 0.2) is 54.6 Å². The third-order valence-electron chi connectivity index (χ3n) is 4.75. The van der Waals surface area contributed by atoms with Gasteiger partial charge in [0.25, 0.3) is 5.91 Å². The molecule has 1 saturated heterocycles. The number of imide groups is 1. The predicted molar refractivity (Wildman–Crippen MR) is 108 cm³/mol. The van der Waals surface area contributed by atoms with Crippen LogP contribution >= 0.6 is 0 Å². The molecule has 0 unspecified atom stereocenters. The van der Waals surface area contributed by atoms with Gasteiger partial charge in [0.1, 0.15) is 12.6 Å². The molecule has 0 aromatic heterocycles. The van der Waals surface area contributed by atoms with Gasteiger partial charge in [0.2, 0.25) is 5.91 Å². The van der Waals surface area contributed by atoms with Crippen LogP contribution < -0.4 is 10.6 Å². The lowest BCUT2D eigenvalue weighted by Gasteiger charge is -2.13. The zero-order valence-corrected chi connectivity index (χ0v) is 16.0. The van der Waals surface area contributed by atoms with Crippen LogP contribution in [0.3, 0.4) is 0 Å². The Morgan fingerprint density at radius 3 is 2.43 bits per heavy atom. The fourth-order valence-corrected chi connectivity index (χ4v) is 3.19. The summed E-state index contributed by atoms with van der Waals surface area (Å²) in [5.41, 5.74) is 2.83. The SMILES string of the molecule is CCCCc1ccc(NC(=O)CN2C(=O)N[C@@H](Cc3ccccc3)C2=O)cc1. The van der Waals surface area contributed by atoms with Gasteiger partial charge in [-0.1, -0.05) is 55.8 Å². The van der Waals surface area contributed by atoms with Crippen LogP contribution in [0.4, 0.5) is 10.5 Å². The molecule has 0 aliphatic carbocycles. The molecule has 6 nitrogen and oxygen atoms in total. The second kappa shape index (κ2) is 9.17. The van der Waals surface area contributed by atoms with Gasteiger partial charge in [0.05, 0.1) is 0 Å². The van der Waals surface area contributed by atoms with Gasteiger partial charge in [-0.05, 0) is 36.1 Å². The minimum atomic E-state index is -0.638. The lowest BCUT2D eigenvalue weighted by atomic mass is 10.1. The largest absolute Gasteiger partial charge is 0.325 e. The number of unbranched alkanes of at least 4 members (excludes halogenated alkanes) is 1. The van der Waals surface area contributed by atoms with E-state index < -0.39 is 18.0 Å². The molecule has 0 saturated carbocycles. The molecule has 2 aromatic rings. The number of hydrogen-bond acceptors (Lipinski definition) is 3. The van der Waals surface area contributed by atoms with Crippen LogP contribution in [-0.2, 0) is 22.4 Å². The van der Waals surface area contributed by atoms with Crippen molar-refractivity contribution in [1.29, 1.82) is 0 Å². The second-order valence-corrected chi connectivity index (χ2v) is 6.96. The van der Waals surface area contributed by atoms with Gasteiger partial charge in [-0.15, -0.1) is 0 Å². The Hall–Kier alpha value is -3.15. The van der Waals surface area contributed by atoms with Gasteiger partial charge in [0, 0.05) is 12.1 Å². The molecular formula is C22H25N3O3. The van der Waals surface area contributed by atoms with Gasteiger partial charge in [-0.2, -0.15) is 0 Å². The molecule has 1 aliphatic heterocycles. The summed E-state index contributed by atoms with van der Waals surface area (Å²) in [4.78, 5) is 37.9. The first kappa shape index (κ1) is 19.6. The van der Waals surface area contributed by atoms with Crippen LogP contribution in [0, 0.1) is 0 Å². The van der Waals surface area contributed by atoms with E-state index in [2.05, 4.69) is 17.6 Å². The number of benzene rings is 2. The van der Waals surface area contributed by atoms with Crippen molar-refractivity contribution in [2.75, 3.05) is 11.9 Å². The third kappa shape index (κ3) is 4.97. The van der Waals surface area contributed by atoms with Gasteiger partial charge in [-0.25, -0.2) is 4.79 Å². The lowest BCUT2D eigenvalue weighted by Crippen LogP contribution is -2.38. The Kier molecular flexibility index (Phi) is 6.42. The molecule has 28 heavy (non-hydrogen) atoms. The number of aryl methyl sites for hydroxylation is 1. The van der Waals surface area contributed by atoms with Crippen molar-refractivity contribution in [2.24, 2.45) is 0 Å². The average Bonchev–Trinajstić information content (AvgIpc) is 2.95. The maximum absolute atomic E-state index is 12.5. The Balaban J connectivity index is 1.54. The fourth-order valence-electron chi connectivity index (χ4n) is 3.19. The first-order chi connectivity index (χ1) is 13.6. The van der Waals surface area contributed by atoms with E-state index in [1.807, 2.05) is 54.6 Å². The van der Waals surface area contributed by atoms with E-state index in [0.717, 1.165) is 29.7 Å². The molecule has 0 bridgehead atoms. The highest BCUT2D eigenvalue weighted by molar-refractivity contribution is 6.08. The molecule has 2 N–H and O–H groups in total. The van der Waals surface area contributed by atoms with E-state index >= 15 is 0 Å². The van der Waals surface area contributed by atoms with Crippen LogP contribution in [0.25, 0.3) is 0 Å². The van der Waals surface area contributed by atoms with Crippen molar-refractivity contribution < 1.29 is 14.4 Å². The van der Waals surface area contributed by atoms with Crippen molar-refractivity contribution in [2.45, 2.75) is 38.6 Å². The normalized spacial score (nSPS) is 16.2. The number of carbonyl (C=O) groups is 3. The molecule has 6 heteroatoms. The van der Waals surface area contributed by atoms with Crippen molar-refractivity contribution >= 4 is 23.5 Å². The maximum atomic E-state index is 12.5. The summed E-state index contributed by atoms with van der Waals surface area (Å²) in [5, 5.41) is 5.40. The predicted octanol–water partition coefficient (Wildman–Crippen LogP) is 3.13. The fraction of sp³-hybridized carbons (Fsp3) is 0.318. The highest BCUT2D eigenvalue weighted by atomic mass is 16.2. The molecule has 1 heterocycles. The van der Waals surface area contributed by atoms with Crippen LogP contribution in [0.5, 0.6) is 0 Å². The number of nitrogens with zero attached hydrogens (tertiary/aromatic N) is 1. The molecular weight excluding hydrogens is 354 g/mol. The van der Waals surface area contributed by atoms with Crippen LogP contribution in [-0.4, -0.2) is 35.3 Å². The first-order valence-corrected chi connectivity index (χ1v) is 9.61. The number of anilines is 1. The van der Waals surface area contributed by atoms with E-state index in [1.54, 1.807) is 0 Å². The summed E-state index contributed by atoms with van der Waals surface area (Å²) in [6, 6.07) is 15.9.